The van der Waals surface area contributed by atoms with E-state index in [1.165, 1.54) is 0 Å². The van der Waals surface area contributed by atoms with E-state index >= 15 is 0 Å². The molecule has 6 heteroatoms. The Morgan fingerprint density at radius 1 is 1.19 bits per heavy atom. The molecule has 2 aromatic carbocycles. The van der Waals surface area contributed by atoms with E-state index in [2.05, 4.69) is 15.0 Å². The number of nitrogens with one attached hydrogen (secondary N) is 1. The van der Waals surface area contributed by atoms with Crippen molar-refractivity contribution in [2.24, 2.45) is 5.73 Å². The number of amides is 1. The van der Waals surface area contributed by atoms with Crippen LogP contribution in [0.1, 0.15) is 47.0 Å². The van der Waals surface area contributed by atoms with Crippen molar-refractivity contribution in [3.8, 4) is 5.75 Å². The summed E-state index contributed by atoms with van der Waals surface area (Å²) in [5.41, 5.74) is 10.0. The lowest BCUT2D eigenvalue weighted by Gasteiger charge is -2.44. The molecule has 2 heterocycles. The van der Waals surface area contributed by atoms with Crippen LogP contribution in [-0.4, -0.2) is 33.3 Å². The van der Waals surface area contributed by atoms with Crippen LogP contribution in [0.15, 0.2) is 42.5 Å². The molecule has 27 heavy (non-hydrogen) atoms. The number of hydrogen-bond donors (Lipinski definition) is 2. The number of nitrogens with two attached hydrogens (primary N) is 1. The molecule has 0 fully saturated rings. The van der Waals surface area contributed by atoms with E-state index in [1.807, 2.05) is 49.4 Å². The Bertz CT molecular complexity index is 790. The molecule has 0 bridgehead atoms. The Morgan fingerprint density at radius 3 is 2.52 bits per heavy atom. The summed E-state index contributed by atoms with van der Waals surface area (Å²) in [4.78, 5) is 14.8. The van der Waals surface area contributed by atoms with Crippen LogP contribution in [0, 0.1) is 0 Å². The predicted molar refractivity (Wildman–Crippen MR) is 106 cm³/mol. The Morgan fingerprint density at radius 2 is 1.89 bits per heavy atom. The van der Waals surface area contributed by atoms with Crippen LogP contribution in [0.2, 0.25) is 0 Å². The summed E-state index contributed by atoms with van der Waals surface area (Å²) in [6, 6.07) is 13.6. The fourth-order valence-electron chi connectivity index (χ4n) is 3.50. The highest BCUT2D eigenvalue weighted by Gasteiger charge is 2.36. The number of benzene rings is 2. The van der Waals surface area contributed by atoms with Gasteiger partial charge in [-0.25, -0.2) is 0 Å². The monoisotopic (exact) mass is 369 g/mol. The molecule has 3 N–H and O–H groups in total. The summed E-state index contributed by atoms with van der Waals surface area (Å²) >= 11 is 0. The summed E-state index contributed by atoms with van der Waals surface area (Å²) < 4.78 is 9.76. The van der Waals surface area contributed by atoms with Crippen molar-refractivity contribution in [2.45, 2.75) is 25.6 Å². The summed E-state index contributed by atoms with van der Waals surface area (Å²) in [5.74, 6) is 0.755. The number of para-hydroxylation sites is 1. The molecule has 2 atom stereocenters. The van der Waals surface area contributed by atoms with Crippen LogP contribution < -0.4 is 20.7 Å². The highest BCUT2D eigenvalue weighted by atomic mass is 16.5. The number of anilines is 1. The van der Waals surface area contributed by atoms with E-state index in [4.69, 9.17) is 10.5 Å². The first-order chi connectivity index (χ1) is 13.1. The van der Waals surface area contributed by atoms with Gasteiger partial charge >= 0.3 is 0 Å². The molecule has 1 amide bonds. The zero-order valence-electron chi connectivity index (χ0n) is 16.1. The lowest BCUT2D eigenvalue weighted by Crippen LogP contribution is -2.49. The number of methoxy groups -OCH3 is 2. The molecule has 2 aliphatic heterocycles. The minimum Gasteiger partial charge on any atom is -0.497 e. The second kappa shape index (κ2) is 8.41. The van der Waals surface area contributed by atoms with Crippen molar-refractivity contribution in [1.82, 2.24) is 5.32 Å². The molecular weight excluding hydrogens is 342 g/mol. The summed E-state index contributed by atoms with van der Waals surface area (Å²) in [7, 11) is 3.33. The average Bonchev–Trinajstić information content (AvgIpc) is 2.72. The molecule has 2 aromatic rings. The highest BCUT2D eigenvalue weighted by molar-refractivity contribution is 6.03. The first-order valence-electron chi connectivity index (χ1n) is 9.19. The maximum Gasteiger partial charge on any atom is 0.255 e. The number of carbonyl (C=O) groups is 1. The van der Waals surface area contributed by atoms with Gasteiger partial charge in [-0.2, -0.15) is 0 Å². The Balaban J connectivity index is 0.000000481. The first-order valence-corrected chi connectivity index (χ1v) is 9.19. The number of hydrogen-bond acceptors (Lipinski definition) is 5. The zero-order chi connectivity index (χ0) is 19.4. The van der Waals surface area contributed by atoms with Gasteiger partial charge in [0.15, 0.2) is 0 Å². The second-order valence-corrected chi connectivity index (χ2v) is 6.56. The minimum absolute atomic E-state index is 0.0105. The molecular formula is C21H27N3O3. The number of carbonyl (C=O) groups excluding carboxylic acids is 1. The summed E-state index contributed by atoms with van der Waals surface area (Å²) in [6.45, 7) is 3.60. The van der Waals surface area contributed by atoms with Crippen molar-refractivity contribution in [3.05, 3.63) is 59.2 Å². The standard InChI is InChI=1S/C18H19N3O2.C3H8O/c1-23-12-7-5-11(6-8-12)17-20-18(22)14-4-2-3-13-15(19)9-10-21(17)16(13)14;1-3-4-2/h2-8,15,17H,9-10,19H2,1H3,(H,20,22);3H2,1-2H3/t15-,17-;/m0./s1. The highest BCUT2D eigenvalue weighted by Crippen LogP contribution is 2.42. The van der Waals surface area contributed by atoms with E-state index < -0.39 is 0 Å². The molecule has 0 saturated heterocycles. The minimum atomic E-state index is -0.172. The first kappa shape index (κ1) is 19.2. The molecule has 0 aromatic heterocycles. The zero-order valence-corrected chi connectivity index (χ0v) is 16.1. The Hall–Kier alpha value is -2.57. The van der Waals surface area contributed by atoms with Gasteiger partial charge in [-0.3, -0.25) is 4.79 Å². The Kier molecular flexibility index (Phi) is 5.98. The predicted octanol–water partition coefficient (Wildman–Crippen LogP) is 3.00. The number of rotatable bonds is 3. The number of ether oxygens (including phenoxy) is 2. The van der Waals surface area contributed by atoms with E-state index in [-0.39, 0.29) is 18.1 Å². The van der Waals surface area contributed by atoms with Gasteiger partial charge in [0.25, 0.3) is 5.91 Å². The van der Waals surface area contributed by atoms with Gasteiger partial charge in [0.2, 0.25) is 0 Å². The lowest BCUT2D eigenvalue weighted by atomic mass is 9.90. The summed E-state index contributed by atoms with van der Waals surface area (Å²) in [5, 5.41) is 3.11. The third-order valence-corrected chi connectivity index (χ3v) is 4.98. The fraction of sp³-hybridized carbons (Fsp3) is 0.381. The second-order valence-electron chi connectivity index (χ2n) is 6.56. The van der Waals surface area contributed by atoms with Crippen molar-refractivity contribution >= 4 is 11.6 Å². The van der Waals surface area contributed by atoms with Crippen LogP contribution in [0.5, 0.6) is 5.75 Å². The van der Waals surface area contributed by atoms with Crippen molar-refractivity contribution in [2.75, 3.05) is 32.3 Å². The Labute approximate surface area is 160 Å². The topological polar surface area (TPSA) is 76.8 Å². The maximum atomic E-state index is 12.5. The van der Waals surface area contributed by atoms with Gasteiger partial charge in [0.1, 0.15) is 11.9 Å². The molecule has 0 saturated carbocycles. The van der Waals surface area contributed by atoms with Gasteiger partial charge in [-0.1, -0.05) is 24.3 Å². The van der Waals surface area contributed by atoms with Gasteiger partial charge < -0.3 is 25.4 Å². The lowest BCUT2D eigenvalue weighted by molar-refractivity contribution is 0.0925. The fourth-order valence-corrected chi connectivity index (χ4v) is 3.50. The van der Waals surface area contributed by atoms with E-state index in [0.29, 0.717) is 5.56 Å². The molecule has 2 aliphatic rings. The number of nitrogens with zero attached hydrogens (tertiary/aromatic N) is 1. The molecule has 0 unspecified atom stereocenters. The SMILES string of the molecule is CCOC.COc1ccc([C@H]2NC(=O)c3cccc4c3N2CC[C@@H]4N)cc1. The molecule has 6 nitrogen and oxygen atoms in total. The average molecular weight is 369 g/mol. The maximum absolute atomic E-state index is 12.5. The summed E-state index contributed by atoms with van der Waals surface area (Å²) in [6.07, 6.45) is 0.702. The van der Waals surface area contributed by atoms with Crippen LogP contribution in [-0.2, 0) is 4.74 Å². The molecule has 0 aliphatic carbocycles. The largest absolute Gasteiger partial charge is 0.497 e. The van der Waals surface area contributed by atoms with Crippen molar-refractivity contribution in [1.29, 1.82) is 0 Å². The van der Waals surface area contributed by atoms with Gasteiger partial charge in [0, 0.05) is 26.3 Å². The third-order valence-electron chi connectivity index (χ3n) is 4.98. The van der Waals surface area contributed by atoms with Crippen LogP contribution in [0.25, 0.3) is 0 Å². The molecule has 0 radical (unpaired) electrons. The van der Waals surface area contributed by atoms with Gasteiger partial charge in [0.05, 0.1) is 18.4 Å². The smallest absolute Gasteiger partial charge is 0.255 e. The van der Waals surface area contributed by atoms with Crippen molar-refractivity contribution in [3.63, 3.8) is 0 Å². The van der Waals surface area contributed by atoms with E-state index in [1.54, 1.807) is 14.2 Å². The quantitative estimate of drug-likeness (QED) is 0.870. The van der Waals surface area contributed by atoms with Gasteiger partial charge in [-0.05, 0) is 42.7 Å². The van der Waals surface area contributed by atoms with Crippen molar-refractivity contribution < 1.29 is 14.3 Å². The third kappa shape index (κ3) is 3.77. The van der Waals surface area contributed by atoms with Crippen LogP contribution >= 0.6 is 0 Å². The van der Waals surface area contributed by atoms with E-state index in [0.717, 1.165) is 42.1 Å². The normalized spacial score (nSPS) is 20.1. The van der Waals surface area contributed by atoms with E-state index in [9.17, 15) is 4.79 Å². The van der Waals surface area contributed by atoms with Crippen LogP contribution in [0.3, 0.4) is 0 Å². The molecule has 4 rings (SSSR count). The van der Waals surface area contributed by atoms with Crippen LogP contribution in [0.4, 0.5) is 5.69 Å². The molecule has 144 valence electrons. The van der Waals surface area contributed by atoms with Gasteiger partial charge in [-0.15, -0.1) is 0 Å². The molecule has 0 spiro atoms.